The van der Waals surface area contributed by atoms with Crippen LogP contribution in [0.4, 0.5) is 5.13 Å². The van der Waals surface area contributed by atoms with Crippen LogP contribution in [0.1, 0.15) is 5.56 Å². The van der Waals surface area contributed by atoms with E-state index < -0.39 is 0 Å². The molecule has 1 aromatic heterocycles. The third kappa shape index (κ3) is 2.37. The molecule has 1 heterocycles. The Bertz CT molecular complexity index is 702. The maximum absolute atomic E-state index is 5.90. The Morgan fingerprint density at radius 1 is 0.947 bits per heavy atom. The normalized spacial score (nSPS) is 10.6. The van der Waals surface area contributed by atoms with Gasteiger partial charge in [-0.1, -0.05) is 65.4 Å². The van der Waals surface area contributed by atoms with Crippen LogP contribution in [0.3, 0.4) is 0 Å². The molecule has 19 heavy (non-hydrogen) atoms. The van der Waals surface area contributed by atoms with E-state index in [-0.39, 0.29) is 0 Å². The maximum atomic E-state index is 5.90. The summed E-state index contributed by atoms with van der Waals surface area (Å²) in [6.07, 6.45) is 0. The SMILES string of the molecule is Cc1cccc(-c2nc(N)sc2-c2ccccc2)c1. The van der Waals surface area contributed by atoms with Crippen LogP contribution in [0.2, 0.25) is 0 Å². The molecular weight excluding hydrogens is 252 g/mol. The number of anilines is 1. The summed E-state index contributed by atoms with van der Waals surface area (Å²) in [5, 5.41) is 0.607. The molecule has 0 amide bonds. The molecule has 2 aromatic carbocycles. The number of nitrogen functional groups attached to an aromatic ring is 1. The number of hydrogen-bond donors (Lipinski definition) is 1. The minimum Gasteiger partial charge on any atom is -0.375 e. The minimum absolute atomic E-state index is 0.607. The van der Waals surface area contributed by atoms with Crippen molar-refractivity contribution in [3.8, 4) is 21.7 Å². The second-order valence-electron chi connectivity index (χ2n) is 4.47. The first-order valence-electron chi connectivity index (χ1n) is 6.13. The standard InChI is InChI=1S/C16H14N2S/c1-11-6-5-9-13(10-11)14-15(19-16(17)18-14)12-7-3-2-4-8-12/h2-10H,1H3,(H2,17,18). The van der Waals surface area contributed by atoms with Gasteiger partial charge < -0.3 is 5.73 Å². The molecule has 0 fully saturated rings. The first kappa shape index (κ1) is 11.9. The predicted octanol–water partition coefficient (Wildman–Crippen LogP) is 4.37. The molecule has 3 heteroatoms. The van der Waals surface area contributed by atoms with Crippen molar-refractivity contribution in [3.05, 3.63) is 60.2 Å². The first-order chi connectivity index (χ1) is 9.24. The van der Waals surface area contributed by atoms with Crippen LogP contribution < -0.4 is 5.73 Å². The monoisotopic (exact) mass is 266 g/mol. The Kier molecular flexibility index (Phi) is 3.05. The van der Waals surface area contributed by atoms with Crippen LogP contribution in [0.15, 0.2) is 54.6 Å². The van der Waals surface area contributed by atoms with Gasteiger partial charge in [0.05, 0.1) is 10.6 Å². The maximum Gasteiger partial charge on any atom is 0.181 e. The van der Waals surface area contributed by atoms with Gasteiger partial charge in [0.25, 0.3) is 0 Å². The van der Waals surface area contributed by atoms with Crippen LogP contribution in [0.25, 0.3) is 21.7 Å². The van der Waals surface area contributed by atoms with E-state index in [1.807, 2.05) is 18.2 Å². The Hall–Kier alpha value is -2.13. The van der Waals surface area contributed by atoms with Crippen LogP contribution in [0.5, 0.6) is 0 Å². The largest absolute Gasteiger partial charge is 0.375 e. The highest BCUT2D eigenvalue weighted by Crippen LogP contribution is 2.37. The van der Waals surface area contributed by atoms with Crippen molar-refractivity contribution in [2.45, 2.75) is 6.92 Å². The molecule has 0 atom stereocenters. The highest BCUT2D eigenvalue weighted by molar-refractivity contribution is 7.19. The molecule has 3 rings (SSSR count). The zero-order valence-electron chi connectivity index (χ0n) is 10.6. The number of hydrogen-bond acceptors (Lipinski definition) is 3. The van der Waals surface area contributed by atoms with E-state index in [0.29, 0.717) is 5.13 Å². The summed E-state index contributed by atoms with van der Waals surface area (Å²) >= 11 is 1.53. The van der Waals surface area contributed by atoms with Gasteiger partial charge in [-0.05, 0) is 18.6 Å². The van der Waals surface area contributed by atoms with Crippen LogP contribution in [0, 0.1) is 6.92 Å². The van der Waals surface area contributed by atoms with Crippen molar-refractivity contribution in [2.24, 2.45) is 0 Å². The highest BCUT2D eigenvalue weighted by atomic mass is 32.1. The molecule has 0 unspecified atom stereocenters. The molecule has 0 saturated carbocycles. The quantitative estimate of drug-likeness (QED) is 0.748. The summed E-state index contributed by atoms with van der Waals surface area (Å²) < 4.78 is 0. The number of nitrogens with two attached hydrogens (primary N) is 1. The van der Waals surface area contributed by atoms with Crippen molar-refractivity contribution in [1.29, 1.82) is 0 Å². The molecule has 0 aliphatic carbocycles. The summed E-state index contributed by atoms with van der Waals surface area (Å²) in [5.41, 5.74) is 10.4. The zero-order valence-corrected chi connectivity index (χ0v) is 11.4. The predicted molar refractivity (Wildman–Crippen MR) is 82.1 cm³/mol. The molecule has 0 spiro atoms. The third-order valence-corrected chi connectivity index (χ3v) is 3.90. The summed E-state index contributed by atoms with van der Waals surface area (Å²) in [6.45, 7) is 2.08. The van der Waals surface area contributed by atoms with Gasteiger partial charge in [-0.15, -0.1) is 0 Å². The van der Waals surface area contributed by atoms with E-state index in [1.54, 1.807) is 0 Å². The lowest BCUT2D eigenvalue weighted by Gasteiger charge is -2.03. The van der Waals surface area contributed by atoms with Crippen LogP contribution >= 0.6 is 11.3 Å². The lowest BCUT2D eigenvalue weighted by atomic mass is 10.1. The van der Waals surface area contributed by atoms with Crippen molar-refractivity contribution >= 4 is 16.5 Å². The Balaban J connectivity index is 2.18. The molecule has 0 radical (unpaired) electrons. The van der Waals surface area contributed by atoms with E-state index in [1.165, 1.54) is 16.9 Å². The lowest BCUT2D eigenvalue weighted by molar-refractivity contribution is 1.39. The van der Waals surface area contributed by atoms with Crippen molar-refractivity contribution in [1.82, 2.24) is 4.98 Å². The number of benzene rings is 2. The van der Waals surface area contributed by atoms with E-state index in [4.69, 9.17) is 5.73 Å². The van der Waals surface area contributed by atoms with Crippen molar-refractivity contribution in [2.75, 3.05) is 5.73 Å². The first-order valence-corrected chi connectivity index (χ1v) is 6.94. The second-order valence-corrected chi connectivity index (χ2v) is 5.50. The van der Waals surface area contributed by atoms with Gasteiger partial charge in [0.1, 0.15) is 0 Å². The van der Waals surface area contributed by atoms with E-state index >= 15 is 0 Å². The van der Waals surface area contributed by atoms with Crippen LogP contribution in [-0.4, -0.2) is 4.98 Å². The van der Waals surface area contributed by atoms with Gasteiger partial charge in [0.2, 0.25) is 0 Å². The lowest BCUT2D eigenvalue weighted by Crippen LogP contribution is -1.85. The Morgan fingerprint density at radius 3 is 2.42 bits per heavy atom. The molecule has 2 N–H and O–H groups in total. The fourth-order valence-corrected chi connectivity index (χ4v) is 2.97. The average molecular weight is 266 g/mol. The van der Waals surface area contributed by atoms with Gasteiger partial charge in [0.15, 0.2) is 5.13 Å². The highest BCUT2D eigenvalue weighted by Gasteiger charge is 2.13. The second kappa shape index (κ2) is 4.86. The molecule has 3 aromatic rings. The molecule has 94 valence electrons. The molecule has 0 aliphatic rings. The van der Waals surface area contributed by atoms with Gasteiger partial charge >= 0.3 is 0 Å². The molecule has 2 nitrogen and oxygen atoms in total. The molecule has 0 bridgehead atoms. The average Bonchev–Trinajstić information content (AvgIpc) is 2.82. The number of thiazole rings is 1. The molecule has 0 saturated heterocycles. The number of aromatic nitrogens is 1. The van der Waals surface area contributed by atoms with Crippen LogP contribution in [-0.2, 0) is 0 Å². The van der Waals surface area contributed by atoms with E-state index in [2.05, 4.69) is 48.3 Å². The summed E-state index contributed by atoms with van der Waals surface area (Å²) in [6, 6.07) is 18.6. The van der Waals surface area contributed by atoms with Gasteiger partial charge in [0, 0.05) is 5.56 Å². The number of rotatable bonds is 2. The fraction of sp³-hybridized carbons (Fsp3) is 0.0625. The van der Waals surface area contributed by atoms with E-state index in [9.17, 15) is 0 Å². The summed E-state index contributed by atoms with van der Waals surface area (Å²) in [4.78, 5) is 5.62. The van der Waals surface area contributed by atoms with Gasteiger partial charge in [-0.25, -0.2) is 4.98 Å². The number of nitrogens with zero attached hydrogens (tertiary/aromatic N) is 1. The minimum atomic E-state index is 0.607. The van der Waals surface area contributed by atoms with Crippen molar-refractivity contribution < 1.29 is 0 Å². The fourth-order valence-electron chi connectivity index (χ4n) is 2.11. The zero-order chi connectivity index (χ0) is 13.2. The Labute approximate surface area is 116 Å². The smallest absolute Gasteiger partial charge is 0.181 e. The topological polar surface area (TPSA) is 38.9 Å². The third-order valence-electron chi connectivity index (χ3n) is 2.97. The van der Waals surface area contributed by atoms with Gasteiger partial charge in [-0.2, -0.15) is 0 Å². The summed E-state index contributed by atoms with van der Waals surface area (Å²) in [5.74, 6) is 0. The van der Waals surface area contributed by atoms with Crippen molar-refractivity contribution in [3.63, 3.8) is 0 Å². The van der Waals surface area contributed by atoms with E-state index in [0.717, 1.165) is 21.7 Å². The summed E-state index contributed by atoms with van der Waals surface area (Å²) in [7, 11) is 0. The van der Waals surface area contributed by atoms with Gasteiger partial charge in [-0.3, -0.25) is 0 Å². The Morgan fingerprint density at radius 2 is 1.68 bits per heavy atom. The number of aryl methyl sites for hydroxylation is 1. The molecular formula is C16H14N2S. The molecule has 0 aliphatic heterocycles.